The number of anilines is 1. The molecule has 1 atom stereocenters. The van der Waals surface area contributed by atoms with E-state index in [1.807, 2.05) is 26.0 Å². The van der Waals surface area contributed by atoms with Gasteiger partial charge in [-0.05, 0) is 66.9 Å². The van der Waals surface area contributed by atoms with Crippen molar-refractivity contribution in [1.82, 2.24) is 4.98 Å². The molecule has 3 heterocycles. The van der Waals surface area contributed by atoms with Gasteiger partial charge in [0.1, 0.15) is 19.0 Å². The standard InChI is InChI=1S/C30H26N2O7S/c1-15-11-16(2)25-23(12-15)40-30(31-25)32-26(17-5-7-19(36-3)21(13-17)37-4)24(28(34)29(32)35)27(33)18-6-8-20-22(14-18)39-10-9-38-20/h5-8,11-14,26,33H,9-10H2,1-4H3. The number of fused-ring (bicyclic) bond motifs is 2. The first-order chi connectivity index (χ1) is 19.3. The molecular formula is C30H26N2O7S. The van der Waals surface area contributed by atoms with E-state index in [2.05, 4.69) is 0 Å². The smallest absolute Gasteiger partial charge is 0.301 e. The minimum Gasteiger partial charge on any atom is -0.507 e. The van der Waals surface area contributed by atoms with Crippen molar-refractivity contribution in [1.29, 1.82) is 0 Å². The van der Waals surface area contributed by atoms with E-state index in [1.165, 1.54) is 30.5 Å². The Bertz CT molecular complexity index is 1720. The summed E-state index contributed by atoms with van der Waals surface area (Å²) in [5, 5.41) is 11.9. The lowest BCUT2D eigenvalue weighted by Gasteiger charge is -2.24. The molecule has 0 aliphatic carbocycles. The number of hydrogen-bond donors (Lipinski definition) is 1. The van der Waals surface area contributed by atoms with Crippen molar-refractivity contribution in [2.24, 2.45) is 0 Å². The molecule has 9 nitrogen and oxygen atoms in total. The second kappa shape index (κ2) is 9.87. The first kappa shape index (κ1) is 25.7. The molecule has 1 N–H and O–H groups in total. The highest BCUT2D eigenvalue weighted by molar-refractivity contribution is 7.22. The van der Waals surface area contributed by atoms with Gasteiger partial charge in [-0.15, -0.1) is 0 Å². The lowest BCUT2D eigenvalue weighted by Crippen LogP contribution is -2.29. The van der Waals surface area contributed by atoms with Gasteiger partial charge < -0.3 is 24.1 Å². The second-order valence-electron chi connectivity index (χ2n) is 9.57. The molecule has 1 unspecified atom stereocenters. The Labute approximate surface area is 234 Å². The Kier molecular flexibility index (Phi) is 6.34. The molecule has 3 aromatic carbocycles. The van der Waals surface area contributed by atoms with Crippen molar-refractivity contribution in [2.45, 2.75) is 19.9 Å². The quantitative estimate of drug-likeness (QED) is 0.199. The molecule has 1 amide bonds. The third-order valence-electron chi connectivity index (χ3n) is 7.01. The number of carbonyl (C=O) groups excluding carboxylic acids is 2. The van der Waals surface area contributed by atoms with Crippen LogP contribution in [0, 0.1) is 13.8 Å². The van der Waals surface area contributed by atoms with Crippen LogP contribution in [-0.4, -0.2) is 49.2 Å². The van der Waals surface area contributed by atoms with E-state index in [9.17, 15) is 14.7 Å². The Morgan fingerprint density at radius 1 is 0.975 bits per heavy atom. The first-order valence-electron chi connectivity index (χ1n) is 12.6. The van der Waals surface area contributed by atoms with Gasteiger partial charge in [0.05, 0.1) is 36.1 Å². The maximum absolute atomic E-state index is 13.7. The number of Topliss-reactive ketones (excluding diaryl/α,β-unsaturated/α-hetero) is 1. The first-order valence-corrected chi connectivity index (χ1v) is 13.4. The molecule has 6 rings (SSSR count). The molecule has 1 aromatic heterocycles. The largest absolute Gasteiger partial charge is 0.507 e. The van der Waals surface area contributed by atoms with Gasteiger partial charge in [-0.3, -0.25) is 14.5 Å². The van der Waals surface area contributed by atoms with Crippen LogP contribution in [0.4, 0.5) is 5.13 Å². The van der Waals surface area contributed by atoms with Crippen LogP contribution >= 0.6 is 11.3 Å². The van der Waals surface area contributed by atoms with Crippen molar-refractivity contribution in [3.8, 4) is 23.0 Å². The number of nitrogens with zero attached hydrogens (tertiary/aromatic N) is 2. The molecule has 0 spiro atoms. The van der Waals surface area contributed by atoms with E-state index in [0.717, 1.165) is 21.3 Å². The second-order valence-corrected chi connectivity index (χ2v) is 10.6. The molecule has 10 heteroatoms. The van der Waals surface area contributed by atoms with E-state index in [4.69, 9.17) is 23.9 Å². The number of ether oxygens (including phenoxy) is 4. The van der Waals surface area contributed by atoms with E-state index >= 15 is 0 Å². The van der Waals surface area contributed by atoms with Crippen LogP contribution < -0.4 is 23.8 Å². The zero-order valence-electron chi connectivity index (χ0n) is 22.3. The topological polar surface area (TPSA) is 107 Å². The number of rotatable bonds is 5. The van der Waals surface area contributed by atoms with Gasteiger partial charge in [0.15, 0.2) is 28.1 Å². The molecule has 1 fully saturated rings. The monoisotopic (exact) mass is 558 g/mol. The fourth-order valence-electron chi connectivity index (χ4n) is 5.18. The minimum atomic E-state index is -0.977. The summed E-state index contributed by atoms with van der Waals surface area (Å²) >= 11 is 1.32. The van der Waals surface area contributed by atoms with E-state index in [1.54, 1.807) is 36.4 Å². The maximum Gasteiger partial charge on any atom is 0.301 e. The van der Waals surface area contributed by atoms with Crippen molar-refractivity contribution in [3.63, 3.8) is 0 Å². The number of amides is 1. The average molecular weight is 559 g/mol. The SMILES string of the molecule is COc1ccc(C2C(=C(O)c3ccc4c(c3)OCCO4)C(=O)C(=O)N2c2nc3c(C)cc(C)cc3s2)cc1OC. The zero-order chi connectivity index (χ0) is 28.1. The number of thiazole rings is 1. The van der Waals surface area contributed by atoms with Gasteiger partial charge in [0.25, 0.3) is 5.78 Å². The van der Waals surface area contributed by atoms with Gasteiger partial charge in [-0.2, -0.15) is 0 Å². The number of aliphatic hydroxyl groups is 1. The molecule has 4 aromatic rings. The molecule has 204 valence electrons. The van der Waals surface area contributed by atoms with E-state index < -0.39 is 17.7 Å². The molecule has 0 radical (unpaired) electrons. The van der Waals surface area contributed by atoms with Gasteiger partial charge in [-0.1, -0.05) is 23.5 Å². The van der Waals surface area contributed by atoms with Crippen LogP contribution in [0.5, 0.6) is 23.0 Å². The fraction of sp³-hybridized carbons (Fsp3) is 0.233. The zero-order valence-corrected chi connectivity index (χ0v) is 23.1. The van der Waals surface area contributed by atoms with Crippen molar-refractivity contribution in [3.05, 3.63) is 76.4 Å². The van der Waals surface area contributed by atoms with Gasteiger partial charge >= 0.3 is 5.91 Å². The Balaban J connectivity index is 1.57. The molecule has 1 saturated heterocycles. The lowest BCUT2D eigenvalue weighted by atomic mass is 9.95. The summed E-state index contributed by atoms with van der Waals surface area (Å²) in [6.07, 6.45) is 0. The van der Waals surface area contributed by atoms with Crippen molar-refractivity contribution in [2.75, 3.05) is 32.3 Å². The van der Waals surface area contributed by atoms with Crippen LogP contribution in [0.2, 0.25) is 0 Å². The predicted octanol–water partition coefficient (Wildman–Crippen LogP) is 5.33. The molecule has 0 saturated carbocycles. The Hall–Kier alpha value is -4.57. The van der Waals surface area contributed by atoms with Crippen LogP contribution in [0.15, 0.2) is 54.1 Å². The summed E-state index contributed by atoms with van der Waals surface area (Å²) in [6, 6.07) is 13.1. The molecule has 2 aliphatic heterocycles. The highest BCUT2D eigenvalue weighted by Gasteiger charge is 2.48. The van der Waals surface area contributed by atoms with Crippen LogP contribution in [-0.2, 0) is 9.59 Å². The fourth-order valence-corrected chi connectivity index (χ4v) is 6.34. The summed E-state index contributed by atoms with van der Waals surface area (Å²) in [6.45, 7) is 4.74. The maximum atomic E-state index is 13.7. The lowest BCUT2D eigenvalue weighted by molar-refractivity contribution is -0.132. The number of carbonyl (C=O) groups is 2. The number of aliphatic hydroxyl groups excluding tert-OH is 1. The minimum absolute atomic E-state index is 0.0685. The van der Waals surface area contributed by atoms with Crippen molar-refractivity contribution >= 4 is 44.1 Å². The normalized spacial score (nSPS) is 17.9. The summed E-state index contributed by atoms with van der Waals surface area (Å²) in [7, 11) is 3.03. The molecule has 2 aliphatic rings. The number of benzene rings is 3. The summed E-state index contributed by atoms with van der Waals surface area (Å²) < 4.78 is 23.1. The Morgan fingerprint density at radius 2 is 1.73 bits per heavy atom. The predicted molar refractivity (Wildman–Crippen MR) is 151 cm³/mol. The molecule has 0 bridgehead atoms. The summed E-state index contributed by atoms with van der Waals surface area (Å²) in [4.78, 5) is 33.4. The van der Waals surface area contributed by atoms with Gasteiger partial charge in [0, 0.05) is 5.56 Å². The molecular weight excluding hydrogens is 532 g/mol. The molecule has 40 heavy (non-hydrogen) atoms. The van der Waals surface area contributed by atoms with Crippen LogP contribution in [0.3, 0.4) is 0 Å². The highest BCUT2D eigenvalue weighted by atomic mass is 32.1. The average Bonchev–Trinajstić information content (AvgIpc) is 3.50. The van der Waals surface area contributed by atoms with E-state index in [0.29, 0.717) is 52.5 Å². The highest BCUT2D eigenvalue weighted by Crippen LogP contribution is 2.46. The van der Waals surface area contributed by atoms with Gasteiger partial charge in [0.2, 0.25) is 0 Å². The summed E-state index contributed by atoms with van der Waals surface area (Å²) in [5.74, 6) is -0.0387. The van der Waals surface area contributed by atoms with Crippen molar-refractivity contribution < 1.29 is 33.6 Å². The third-order valence-corrected chi connectivity index (χ3v) is 8.01. The van der Waals surface area contributed by atoms with E-state index in [-0.39, 0.29) is 11.3 Å². The van der Waals surface area contributed by atoms with Crippen LogP contribution in [0.1, 0.15) is 28.3 Å². The third kappa shape index (κ3) is 4.12. The Morgan fingerprint density at radius 3 is 2.48 bits per heavy atom. The summed E-state index contributed by atoms with van der Waals surface area (Å²) in [5.41, 5.74) is 3.59. The number of methoxy groups -OCH3 is 2. The number of aromatic nitrogens is 1. The van der Waals surface area contributed by atoms with Gasteiger partial charge in [-0.25, -0.2) is 4.98 Å². The number of aryl methyl sites for hydroxylation is 2. The number of ketones is 1. The number of hydrogen-bond acceptors (Lipinski definition) is 9. The van der Waals surface area contributed by atoms with Crippen LogP contribution in [0.25, 0.3) is 16.0 Å².